The fraction of sp³-hybridized carbons (Fsp3) is 0.333. The lowest BCUT2D eigenvalue weighted by molar-refractivity contribution is 0.385. The molecule has 82 valence electrons. The molecule has 1 unspecified atom stereocenters. The molecule has 3 heteroatoms. The lowest BCUT2D eigenvalue weighted by Gasteiger charge is -2.10. The zero-order valence-corrected chi connectivity index (χ0v) is 9.25. The highest BCUT2D eigenvalue weighted by Gasteiger charge is 2.07. The summed E-state index contributed by atoms with van der Waals surface area (Å²) in [5.41, 5.74) is 7.89. The molecule has 0 saturated carbocycles. The molecule has 0 radical (unpaired) electrons. The van der Waals surface area contributed by atoms with E-state index in [0.717, 1.165) is 11.1 Å². The van der Waals surface area contributed by atoms with E-state index in [9.17, 15) is 4.39 Å². The molecule has 0 bridgehead atoms. The van der Waals surface area contributed by atoms with Gasteiger partial charge in [-0.25, -0.2) is 4.39 Å². The van der Waals surface area contributed by atoms with Crippen molar-refractivity contribution in [2.24, 2.45) is 5.73 Å². The third-order valence-corrected chi connectivity index (χ3v) is 2.07. The van der Waals surface area contributed by atoms with Crippen LogP contribution in [0.25, 0.3) is 0 Å². The van der Waals surface area contributed by atoms with E-state index in [0.29, 0.717) is 0 Å². The minimum absolute atomic E-state index is 0.218. The molecule has 0 spiro atoms. The van der Waals surface area contributed by atoms with Crippen LogP contribution in [0.5, 0.6) is 5.75 Å². The second-order valence-electron chi connectivity index (χ2n) is 3.66. The number of halogens is 1. The molecule has 1 aromatic carbocycles. The molecule has 15 heavy (non-hydrogen) atoms. The first-order valence-corrected chi connectivity index (χ1v) is 4.78. The quantitative estimate of drug-likeness (QED) is 0.777. The van der Waals surface area contributed by atoms with Gasteiger partial charge in [0, 0.05) is 6.04 Å². The topological polar surface area (TPSA) is 35.2 Å². The van der Waals surface area contributed by atoms with E-state index in [-0.39, 0.29) is 17.6 Å². The largest absolute Gasteiger partial charge is 0.494 e. The zero-order valence-electron chi connectivity index (χ0n) is 9.25. The maximum atomic E-state index is 13.1. The van der Waals surface area contributed by atoms with E-state index in [1.807, 2.05) is 19.9 Å². The van der Waals surface area contributed by atoms with Gasteiger partial charge in [-0.05, 0) is 31.5 Å². The summed E-state index contributed by atoms with van der Waals surface area (Å²) in [6.45, 7) is 3.95. The average Bonchev–Trinajstić information content (AvgIpc) is 2.17. The van der Waals surface area contributed by atoms with Gasteiger partial charge >= 0.3 is 0 Å². The van der Waals surface area contributed by atoms with Crippen molar-refractivity contribution >= 4 is 0 Å². The first-order chi connectivity index (χ1) is 7.04. The normalized spacial score (nSPS) is 12.1. The van der Waals surface area contributed by atoms with E-state index in [2.05, 4.69) is 0 Å². The van der Waals surface area contributed by atoms with Gasteiger partial charge in [0.15, 0.2) is 11.6 Å². The summed E-state index contributed by atoms with van der Waals surface area (Å²) in [4.78, 5) is 0. The van der Waals surface area contributed by atoms with Crippen LogP contribution in [-0.4, -0.2) is 7.11 Å². The van der Waals surface area contributed by atoms with E-state index in [1.54, 1.807) is 12.1 Å². The highest BCUT2D eigenvalue weighted by Crippen LogP contribution is 2.22. The molecule has 0 heterocycles. The number of ether oxygens (including phenoxy) is 1. The van der Waals surface area contributed by atoms with Crippen LogP contribution in [0.4, 0.5) is 4.39 Å². The van der Waals surface area contributed by atoms with E-state index in [1.165, 1.54) is 13.2 Å². The van der Waals surface area contributed by atoms with Crippen molar-refractivity contribution in [1.82, 2.24) is 0 Å². The first-order valence-electron chi connectivity index (χ1n) is 4.78. The predicted octanol–water partition coefficient (Wildman–Crippen LogP) is 2.80. The Balaban J connectivity index is 3.00. The molecule has 2 nitrogen and oxygen atoms in total. The van der Waals surface area contributed by atoms with Gasteiger partial charge in [0.1, 0.15) is 0 Å². The first kappa shape index (κ1) is 11.7. The standard InChI is InChI=1S/C12H16FNO/c1-8(2)6-11(14)9-4-5-10(13)12(7-9)15-3/h4-7,11H,14H2,1-3H3. The van der Waals surface area contributed by atoms with Gasteiger partial charge in [-0.2, -0.15) is 0 Å². The van der Waals surface area contributed by atoms with Gasteiger partial charge in [0.25, 0.3) is 0 Å². The number of nitrogens with two attached hydrogens (primary N) is 1. The van der Waals surface area contributed by atoms with Crippen LogP contribution in [0.3, 0.4) is 0 Å². The molecule has 0 aromatic heterocycles. The molecule has 0 aliphatic heterocycles. The van der Waals surface area contributed by atoms with E-state index < -0.39 is 0 Å². The van der Waals surface area contributed by atoms with Crippen LogP contribution in [0.1, 0.15) is 25.5 Å². The second-order valence-corrected chi connectivity index (χ2v) is 3.66. The summed E-state index contributed by atoms with van der Waals surface area (Å²) in [6.07, 6.45) is 1.92. The summed E-state index contributed by atoms with van der Waals surface area (Å²) in [5, 5.41) is 0. The molecule has 1 atom stereocenters. The number of benzene rings is 1. The molecule has 1 aromatic rings. The van der Waals surface area contributed by atoms with Crippen LogP contribution in [-0.2, 0) is 0 Å². The summed E-state index contributed by atoms with van der Waals surface area (Å²) >= 11 is 0. The van der Waals surface area contributed by atoms with Gasteiger partial charge in [-0.15, -0.1) is 0 Å². The van der Waals surface area contributed by atoms with Gasteiger partial charge in [0.2, 0.25) is 0 Å². The van der Waals surface area contributed by atoms with Crippen molar-refractivity contribution in [3.05, 3.63) is 41.2 Å². The van der Waals surface area contributed by atoms with Gasteiger partial charge < -0.3 is 10.5 Å². The van der Waals surface area contributed by atoms with Crippen LogP contribution >= 0.6 is 0 Å². The Morgan fingerprint density at radius 1 is 1.47 bits per heavy atom. The Bertz CT molecular complexity index is 370. The molecular weight excluding hydrogens is 193 g/mol. The highest BCUT2D eigenvalue weighted by atomic mass is 19.1. The molecular formula is C12H16FNO. The molecule has 0 aliphatic carbocycles. The Morgan fingerprint density at radius 3 is 2.67 bits per heavy atom. The smallest absolute Gasteiger partial charge is 0.165 e. The lowest BCUT2D eigenvalue weighted by atomic mass is 10.1. The van der Waals surface area contributed by atoms with Crippen molar-refractivity contribution in [2.45, 2.75) is 19.9 Å². The fourth-order valence-electron chi connectivity index (χ4n) is 1.34. The third-order valence-electron chi connectivity index (χ3n) is 2.07. The van der Waals surface area contributed by atoms with E-state index >= 15 is 0 Å². The number of hydrogen-bond donors (Lipinski definition) is 1. The Kier molecular flexibility index (Phi) is 3.86. The number of methoxy groups -OCH3 is 1. The van der Waals surface area contributed by atoms with E-state index in [4.69, 9.17) is 10.5 Å². The summed E-state index contributed by atoms with van der Waals surface area (Å²) < 4.78 is 18.0. The maximum Gasteiger partial charge on any atom is 0.165 e. The van der Waals surface area contributed by atoms with Gasteiger partial charge in [-0.3, -0.25) is 0 Å². The SMILES string of the molecule is COc1cc(C(N)C=C(C)C)ccc1F. The molecule has 0 amide bonds. The summed E-state index contributed by atoms with van der Waals surface area (Å²) in [6, 6.07) is 4.44. The third kappa shape index (κ3) is 3.06. The van der Waals surface area contributed by atoms with Crippen molar-refractivity contribution in [3.8, 4) is 5.75 Å². The Labute approximate surface area is 89.6 Å². The summed E-state index contributed by atoms with van der Waals surface area (Å²) in [5.74, 6) is -0.143. The van der Waals surface area contributed by atoms with Crippen LogP contribution in [0.15, 0.2) is 29.8 Å². The minimum atomic E-state index is -0.370. The van der Waals surface area contributed by atoms with Crippen LogP contribution in [0, 0.1) is 5.82 Å². The van der Waals surface area contributed by atoms with Gasteiger partial charge in [0.05, 0.1) is 7.11 Å². The Morgan fingerprint density at radius 2 is 2.13 bits per heavy atom. The van der Waals surface area contributed by atoms with Crippen LogP contribution < -0.4 is 10.5 Å². The zero-order chi connectivity index (χ0) is 11.4. The fourth-order valence-corrected chi connectivity index (χ4v) is 1.34. The minimum Gasteiger partial charge on any atom is -0.494 e. The van der Waals surface area contributed by atoms with Crippen molar-refractivity contribution in [3.63, 3.8) is 0 Å². The number of allylic oxidation sites excluding steroid dienone is 1. The van der Waals surface area contributed by atoms with Crippen LogP contribution in [0.2, 0.25) is 0 Å². The Hall–Kier alpha value is -1.35. The summed E-state index contributed by atoms with van der Waals surface area (Å²) in [7, 11) is 1.44. The molecule has 0 fully saturated rings. The molecule has 1 rings (SSSR count). The second kappa shape index (κ2) is 4.94. The number of hydrogen-bond acceptors (Lipinski definition) is 2. The van der Waals surface area contributed by atoms with Crippen molar-refractivity contribution in [2.75, 3.05) is 7.11 Å². The monoisotopic (exact) mass is 209 g/mol. The number of rotatable bonds is 3. The lowest BCUT2D eigenvalue weighted by Crippen LogP contribution is -2.08. The maximum absolute atomic E-state index is 13.1. The van der Waals surface area contributed by atoms with Gasteiger partial charge in [-0.1, -0.05) is 17.7 Å². The van der Waals surface area contributed by atoms with Crippen molar-refractivity contribution in [1.29, 1.82) is 0 Å². The predicted molar refractivity (Wildman–Crippen MR) is 59.3 cm³/mol. The molecule has 2 N–H and O–H groups in total. The molecule has 0 saturated heterocycles. The average molecular weight is 209 g/mol. The highest BCUT2D eigenvalue weighted by molar-refractivity contribution is 5.34. The molecule has 0 aliphatic rings. The van der Waals surface area contributed by atoms with Crippen molar-refractivity contribution < 1.29 is 9.13 Å².